The van der Waals surface area contributed by atoms with E-state index in [-0.39, 0.29) is 0 Å². The van der Waals surface area contributed by atoms with Crippen LogP contribution in [0.3, 0.4) is 0 Å². The van der Waals surface area contributed by atoms with E-state index in [1.165, 1.54) is 11.1 Å². The largest absolute Gasteiger partial charge is 0.497 e. The molecular weight excluding hydrogens is 224 g/mol. The fourth-order valence-corrected chi connectivity index (χ4v) is 1.97. The van der Waals surface area contributed by atoms with Crippen molar-refractivity contribution >= 4 is 0 Å². The molecule has 0 aromatic heterocycles. The highest BCUT2D eigenvalue weighted by Gasteiger charge is 2.08. The maximum atomic E-state index is 5.47. The highest BCUT2D eigenvalue weighted by atomic mass is 16.5. The second kappa shape index (κ2) is 5.13. The number of hydrogen-bond donors (Lipinski definition) is 0. The zero-order chi connectivity index (χ0) is 13.1. The van der Waals surface area contributed by atoms with E-state index in [4.69, 9.17) is 9.47 Å². The minimum Gasteiger partial charge on any atom is -0.497 e. The lowest BCUT2D eigenvalue weighted by Gasteiger charge is -2.12. The quantitative estimate of drug-likeness (QED) is 0.810. The van der Waals surface area contributed by atoms with Crippen molar-refractivity contribution in [2.75, 3.05) is 14.2 Å². The molecular formula is C16H18O2. The number of benzene rings is 2. The van der Waals surface area contributed by atoms with Crippen molar-refractivity contribution < 1.29 is 9.47 Å². The number of aryl methyl sites for hydroxylation is 2. The Labute approximate surface area is 108 Å². The first-order valence-electron chi connectivity index (χ1n) is 5.95. The number of hydrogen-bond acceptors (Lipinski definition) is 2. The molecule has 94 valence electrons. The van der Waals surface area contributed by atoms with E-state index in [9.17, 15) is 0 Å². The molecule has 0 atom stereocenters. The molecule has 0 heterocycles. The lowest BCUT2D eigenvalue weighted by Crippen LogP contribution is -1.92. The van der Waals surface area contributed by atoms with Gasteiger partial charge in [0, 0.05) is 5.56 Å². The van der Waals surface area contributed by atoms with Crippen LogP contribution in [-0.2, 0) is 0 Å². The average Bonchev–Trinajstić information content (AvgIpc) is 2.41. The van der Waals surface area contributed by atoms with Gasteiger partial charge in [-0.25, -0.2) is 0 Å². The van der Waals surface area contributed by atoms with Crippen LogP contribution >= 0.6 is 0 Å². The lowest BCUT2D eigenvalue weighted by atomic mass is 9.99. The predicted molar refractivity (Wildman–Crippen MR) is 74.5 cm³/mol. The monoisotopic (exact) mass is 242 g/mol. The summed E-state index contributed by atoms with van der Waals surface area (Å²) in [6, 6.07) is 12.2. The van der Waals surface area contributed by atoms with E-state index >= 15 is 0 Å². The predicted octanol–water partition coefficient (Wildman–Crippen LogP) is 3.99. The van der Waals surface area contributed by atoms with Crippen LogP contribution in [0.25, 0.3) is 11.1 Å². The fraction of sp³-hybridized carbons (Fsp3) is 0.250. The van der Waals surface area contributed by atoms with Gasteiger partial charge in [0.1, 0.15) is 11.5 Å². The van der Waals surface area contributed by atoms with Gasteiger partial charge < -0.3 is 9.47 Å². The van der Waals surface area contributed by atoms with Crippen molar-refractivity contribution in [3.05, 3.63) is 47.5 Å². The molecule has 0 saturated carbocycles. The molecule has 0 radical (unpaired) electrons. The van der Waals surface area contributed by atoms with Crippen LogP contribution in [0.4, 0.5) is 0 Å². The minimum absolute atomic E-state index is 0.854. The Morgan fingerprint density at radius 2 is 1.56 bits per heavy atom. The van der Waals surface area contributed by atoms with Gasteiger partial charge in [0.2, 0.25) is 0 Å². The zero-order valence-electron chi connectivity index (χ0n) is 11.3. The molecule has 0 unspecified atom stereocenters. The first-order valence-corrected chi connectivity index (χ1v) is 5.95. The van der Waals surface area contributed by atoms with E-state index in [1.807, 2.05) is 18.2 Å². The summed E-state index contributed by atoms with van der Waals surface area (Å²) in [5.41, 5.74) is 4.70. The minimum atomic E-state index is 0.854. The number of methoxy groups -OCH3 is 2. The molecule has 0 fully saturated rings. The number of ether oxygens (including phenoxy) is 2. The molecule has 0 saturated heterocycles. The summed E-state index contributed by atoms with van der Waals surface area (Å²) in [6.07, 6.45) is 0. The van der Waals surface area contributed by atoms with E-state index in [2.05, 4.69) is 32.0 Å². The van der Waals surface area contributed by atoms with Crippen molar-refractivity contribution in [1.29, 1.82) is 0 Å². The van der Waals surface area contributed by atoms with Crippen LogP contribution in [0.5, 0.6) is 11.5 Å². The molecule has 0 spiro atoms. The van der Waals surface area contributed by atoms with Gasteiger partial charge in [-0.05, 0) is 54.8 Å². The van der Waals surface area contributed by atoms with Crippen LogP contribution in [0.2, 0.25) is 0 Å². The van der Waals surface area contributed by atoms with E-state index in [1.54, 1.807) is 14.2 Å². The Balaban J connectivity index is 2.58. The van der Waals surface area contributed by atoms with Gasteiger partial charge in [-0.1, -0.05) is 12.1 Å². The molecule has 0 aliphatic carbocycles. The third-order valence-corrected chi connectivity index (χ3v) is 3.20. The molecule has 18 heavy (non-hydrogen) atoms. The van der Waals surface area contributed by atoms with Crippen LogP contribution < -0.4 is 9.47 Å². The normalized spacial score (nSPS) is 10.2. The molecule has 0 bridgehead atoms. The lowest BCUT2D eigenvalue weighted by molar-refractivity contribution is 0.413. The Kier molecular flexibility index (Phi) is 3.56. The Morgan fingerprint density at radius 1 is 0.833 bits per heavy atom. The summed E-state index contributed by atoms with van der Waals surface area (Å²) in [5, 5.41) is 0. The van der Waals surface area contributed by atoms with Crippen molar-refractivity contribution in [3.63, 3.8) is 0 Å². The van der Waals surface area contributed by atoms with Gasteiger partial charge in [0.25, 0.3) is 0 Å². The summed E-state index contributed by atoms with van der Waals surface area (Å²) in [4.78, 5) is 0. The second-order valence-corrected chi connectivity index (χ2v) is 4.37. The maximum Gasteiger partial charge on any atom is 0.126 e. The Bertz CT molecular complexity index is 559. The number of rotatable bonds is 3. The van der Waals surface area contributed by atoms with Crippen LogP contribution in [0.1, 0.15) is 11.1 Å². The summed E-state index contributed by atoms with van der Waals surface area (Å²) < 4.78 is 10.7. The standard InChI is InChI=1S/C16H18O2/c1-11-8-15(16(18-4)9-12(11)2)13-6-5-7-14(10-13)17-3/h5-10H,1-4H3. The smallest absolute Gasteiger partial charge is 0.126 e. The summed E-state index contributed by atoms with van der Waals surface area (Å²) >= 11 is 0. The van der Waals surface area contributed by atoms with Crippen molar-refractivity contribution in [2.45, 2.75) is 13.8 Å². The summed E-state index contributed by atoms with van der Waals surface area (Å²) in [7, 11) is 3.38. The average molecular weight is 242 g/mol. The Morgan fingerprint density at radius 3 is 2.22 bits per heavy atom. The van der Waals surface area contributed by atoms with Crippen molar-refractivity contribution in [2.24, 2.45) is 0 Å². The highest BCUT2D eigenvalue weighted by Crippen LogP contribution is 2.34. The molecule has 2 heteroatoms. The van der Waals surface area contributed by atoms with Gasteiger partial charge in [-0.15, -0.1) is 0 Å². The SMILES string of the molecule is COc1cccc(-c2cc(C)c(C)cc2OC)c1. The van der Waals surface area contributed by atoms with Gasteiger partial charge in [0.05, 0.1) is 14.2 Å². The van der Waals surface area contributed by atoms with Gasteiger partial charge in [-0.2, -0.15) is 0 Å². The van der Waals surface area contributed by atoms with Gasteiger partial charge >= 0.3 is 0 Å². The molecule has 2 nitrogen and oxygen atoms in total. The van der Waals surface area contributed by atoms with E-state index < -0.39 is 0 Å². The maximum absolute atomic E-state index is 5.47. The molecule has 2 aromatic rings. The van der Waals surface area contributed by atoms with Gasteiger partial charge in [-0.3, -0.25) is 0 Å². The second-order valence-electron chi connectivity index (χ2n) is 4.37. The molecule has 2 rings (SSSR count). The fourth-order valence-electron chi connectivity index (χ4n) is 1.97. The first kappa shape index (κ1) is 12.5. The van der Waals surface area contributed by atoms with Crippen LogP contribution in [-0.4, -0.2) is 14.2 Å². The third kappa shape index (κ3) is 2.33. The van der Waals surface area contributed by atoms with E-state index in [0.717, 1.165) is 22.6 Å². The Hall–Kier alpha value is -1.96. The topological polar surface area (TPSA) is 18.5 Å². The van der Waals surface area contributed by atoms with Gasteiger partial charge in [0.15, 0.2) is 0 Å². The van der Waals surface area contributed by atoms with Crippen LogP contribution in [0.15, 0.2) is 36.4 Å². The molecule has 0 amide bonds. The molecule has 0 aliphatic heterocycles. The first-order chi connectivity index (χ1) is 8.65. The van der Waals surface area contributed by atoms with E-state index in [0.29, 0.717) is 0 Å². The summed E-state index contributed by atoms with van der Waals surface area (Å²) in [5.74, 6) is 1.75. The summed E-state index contributed by atoms with van der Waals surface area (Å²) in [6.45, 7) is 4.20. The molecule has 0 aliphatic rings. The highest BCUT2D eigenvalue weighted by molar-refractivity contribution is 5.73. The van der Waals surface area contributed by atoms with Crippen molar-refractivity contribution in [3.8, 4) is 22.6 Å². The third-order valence-electron chi connectivity index (χ3n) is 3.20. The molecule has 0 N–H and O–H groups in total. The zero-order valence-corrected chi connectivity index (χ0v) is 11.3. The van der Waals surface area contributed by atoms with Crippen molar-refractivity contribution in [1.82, 2.24) is 0 Å². The molecule has 2 aromatic carbocycles. The van der Waals surface area contributed by atoms with Crippen LogP contribution in [0, 0.1) is 13.8 Å².